The Kier molecular flexibility index (Phi) is 3.00. The lowest BCUT2D eigenvalue weighted by atomic mass is 9.85. The molecule has 2 aliphatic heterocycles. The van der Waals surface area contributed by atoms with Crippen molar-refractivity contribution in [1.29, 1.82) is 0 Å². The van der Waals surface area contributed by atoms with Crippen LogP contribution in [0.2, 0.25) is 5.02 Å². The molecule has 2 aromatic carbocycles. The Morgan fingerprint density at radius 1 is 0.952 bits per heavy atom. The summed E-state index contributed by atoms with van der Waals surface area (Å²) in [7, 11) is 0. The lowest BCUT2D eigenvalue weighted by Gasteiger charge is -2.34. The van der Waals surface area contributed by atoms with E-state index in [0.717, 1.165) is 18.0 Å². The second kappa shape index (κ2) is 4.88. The Morgan fingerprint density at radius 3 is 2.43 bits per heavy atom. The molecular weight excluding hydrogens is 282 g/mol. The van der Waals surface area contributed by atoms with E-state index < -0.39 is 0 Å². The van der Waals surface area contributed by atoms with Crippen molar-refractivity contribution in [3.05, 3.63) is 70.2 Å². The van der Waals surface area contributed by atoms with E-state index >= 15 is 0 Å². The van der Waals surface area contributed by atoms with E-state index in [9.17, 15) is 4.79 Å². The molecule has 0 saturated carbocycles. The molecule has 0 aliphatic carbocycles. The van der Waals surface area contributed by atoms with Gasteiger partial charge < -0.3 is 4.90 Å². The quantitative estimate of drug-likeness (QED) is 0.784. The predicted octanol–water partition coefficient (Wildman–Crippen LogP) is 3.78. The topological polar surface area (TPSA) is 20.3 Å². The third-order valence-electron chi connectivity index (χ3n) is 4.77. The largest absolute Gasteiger partial charge is 0.334 e. The summed E-state index contributed by atoms with van der Waals surface area (Å²) in [6.07, 6.45) is 1.56. The predicted molar refractivity (Wildman–Crippen MR) is 83.3 cm³/mol. The number of halogens is 1. The molecular formula is C18H16ClNO. The van der Waals surface area contributed by atoms with Crippen molar-refractivity contribution in [2.24, 2.45) is 0 Å². The maximum atomic E-state index is 12.4. The number of carbonyl (C=O) groups excluding carboxylic acids is 1. The minimum Gasteiger partial charge on any atom is -0.334 e. The van der Waals surface area contributed by atoms with E-state index in [1.165, 1.54) is 16.7 Å². The van der Waals surface area contributed by atoms with Gasteiger partial charge in [0.2, 0.25) is 5.91 Å². The minimum absolute atomic E-state index is 0.273. The zero-order chi connectivity index (χ0) is 14.4. The average Bonchev–Trinajstić information content (AvgIpc) is 2.83. The van der Waals surface area contributed by atoms with Crippen LogP contribution in [0.5, 0.6) is 0 Å². The summed E-state index contributed by atoms with van der Waals surface area (Å²) in [5, 5.41) is 0.744. The molecule has 2 atom stereocenters. The van der Waals surface area contributed by atoms with Gasteiger partial charge in [-0.3, -0.25) is 4.79 Å². The smallest absolute Gasteiger partial charge is 0.223 e. The van der Waals surface area contributed by atoms with Gasteiger partial charge in [-0.05, 0) is 35.2 Å². The number of nitrogens with zero attached hydrogens (tertiary/aromatic N) is 1. The lowest BCUT2D eigenvalue weighted by Crippen LogP contribution is -2.39. The number of carbonyl (C=O) groups is 1. The first-order chi connectivity index (χ1) is 10.2. The molecule has 2 heterocycles. The molecule has 0 spiro atoms. The molecule has 4 rings (SSSR count). The first-order valence-electron chi connectivity index (χ1n) is 7.34. The van der Waals surface area contributed by atoms with Gasteiger partial charge in [-0.25, -0.2) is 0 Å². The molecule has 0 aromatic heterocycles. The summed E-state index contributed by atoms with van der Waals surface area (Å²) in [5.74, 6) is 0.553. The van der Waals surface area contributed by atoms with Crippen LogP contribution in [0, 0.1) is 0 Å². The third-order valence-corrected chi connectivity index (χ3v) is 5.02. The second-order valence-electron chi connectivity index (χ2n) is 5.92. The van der Waals surface area contributed by atoms with E-state index in [1.807, 2.05) is 12.1 Å². The van der Waals surface area contributed by atoms with E-state index in [-0.39, 0.29) is 17.9 Å². The van der Waals surface area contributed by atoms with Gasteiger partial charge in [-0.2, -0.15) is 0 Å². The fourth-order valence-electron chi connectivity index (χ4n) is 3.67. The van der Waals surface area contributed by atoms with Gasteiger partial charge in [-0.15, -0.1) is 0 Å². The summed E-state index contributed by atoms with van der Waals surface area (Å²) in [6.45, 7) is 0.754. The Hall–Kier alpha value is -1.80. The number of amides is 1. The van der Waals surface area contributed by atoms with Crippen LogP contribution in [0.15, 0.2) is 48.5 Å². The highest BCUT2D eigenvalue weighted by molar-refractivity contribution is 6.30. The highest BCUT2D eigenvalue weighted by atomic mass is 35.5. The first kappa shape index (κ1) is 12.9. The van der Waals surface area contributed by atoms with Gasteiger partial charge in [0, 0.05) is 29.9 Å². The minimum atomic E-state index is 0.273. The number of benzene rings is 2. The van der Waals surface area contributed by atoms with E-state index in [4.69, 9.17) is 11.6 Å². The fourth-order valence-corrected chi connectivity index (χ4v) is 3.80. The summed E-state index contributed by atoms with van der Waals surface area (Å²) in [6, 6.07) is 16.7. The summed E-state index contributed by atoms with van der Waals surface area (Å²) >= 11 is 5.97. The molecule has 1 fully saturated rings. The Balaban J connectivity index is 1.70. The molecule has 3 heteroatoms. The molecule has 0 radical (unpaired) electrons. The van der Waals surface area contributed by atoms with Gasteiger partial charge >= 0.3 is 0 Å². The van der Waals surface area contributed by atoms with Gasteiger partial charge in [0.1, 0.15) is 0 Å². The van der Waals surface area contributed by atoms with Gasteiger partial charge in [0.25, 0.3) is 0 Å². The van der Waals surface area contributed by atoms with E-state index in [0.29, 0.717) is 6.42 Å². The summed E-state index contributed by atoms with van der Waals surface area (Å²) in [5.41, 5.74) is 3.89. The second-order valence-corrected chi connectivity index (χ2v) is 6.36. The van der Waals surface area contributed by atoms with Crippen molar-refractivity contribution in [3.8, 4) is 0 Å². The number of rotatable bonds is 1. The van der Waals surface area contributed by atoms with Crippen molar-refractivity contribution in [3.63, 3.8) is 0 Å². The number of hydrogen-bond donors (Lipinski definition) is 0. The Morgan fingerprint density at radius 2 is 1.67 bits per heavy atom. The molecule has 2 aromatic rings. The van der Waals surface area contributed by atoms with Gasteiger partial charge in [-0.1, -0.05) is 48.0 Å². The zero-order valence-electron chi connectivity index (χ0n) is 11.6. The molecule has 0 N–H and O–H groups in total. The van der Waals surface area contributed by atoms with Crippen molar-refractivity contribution in [1.82, 2.24) is 4.90 Å². The van der Waals surface area contributed by atoms with Crippen LogP contribution >= 0.6 is 11.6 Å². The van der Waals surface area contributed by atoms with Crippen LogP contribution in [0.3, 0.4) is 0 Å². The zero-order valence-corrected chi connectivity index (χ0v) is 12.4. The van der Waals surface area contributed by atoms with Crippen molar-refractivity contribution >= 4 is 17.5 Å². The molecule has 2 nitrogen and oxygen atoms in total. The standard InChI is InChI=1S/C18H16ClNO/c19-15-7-5-12(6-8-15)16-10-18(21)20-11-14-4-2-1-3-13(14)9-17(16)20/h1-8,16-17H,9-11H2. The number of hydrogen-bond acceptors (Lipinski definition) is 1. The molecule has 2 aliphatic rings. The van der Waals surface area contributed by atoms with Gasteiger partial charge in [0.15, 0.2) is 0 Å². The van der Waals surface area contributed by atoms with E-state index in [2.05, 4.69) is 41.3 Å². The highest BCUT2D eigenvalue weighted by Crippen LogP contribution is 2.40. The Labute approximate surface area is 129 Å². The molecule has 106 valence electrons. The monoisotopic (exact) mass is 297 g/mol. The Bertz CT molecular complexity index is 695. The number of fused-ring (bicyclic) bond motifs is 2. The van der Waals surface area contributed by atoms with Crippen molar-refractivity contribution in [2.45, 2.75) is 31.3 Å². The van der Waals surface area contributed by atoms with Crippen LogP contribution in [0.1, 0.15) is 29.0 Å². The fraction of sp³-hybridized carbons (Fsp3) is 0.278. The summed E-state index contributed by atoms with van der Waals surface area (Å²) < 4.78 is 0. The highest BCUT2D eigenvalue weighted by Gasteiger charge is 2.42. The molecule has 21 heavy (non-hydrogen) atoms. The average molecular weight is 298 g/mol. The molecule has 0 bridgehead atoms. The van der Waals surface area contributed by atoms with Crippen LogP contribution in [0.4, 0.5) is 0 Å². The SMILES string of the molecule is O=C1CC(c2ccc(Cl)cc2)C2Cc3ccccc3CN12. The maximum absolute atomic E-state index is 12.4. The van der Waals surface area contributed by atoms with E-state index in [1.54, 1.807) is 0 Å². The van der Waals surface area contributed by atoms with Crippen molar-refractivity contribution < 1.29 is 4.79 Å². The van der Waals surface area contributed by atoms with Crippen LogP contribution in [0.25, 0.3) is 0 Å². The normalized spacial score (nSPS) is 23.9. The molecule has 1 saturated heterocycles. The van der Waals surface area contributed by atoms with Crippen molar-refractivity contribution in [2.75, 3.05) is 0 Å². The maximum Gasteiger partial charge on any atom is 0.223 e. The summed E-state index contributed by atoms with van der Waals surface area (Å²) in [4.78, 5) is 14.4. The van der Waals surface area contributed by atoms with Crippen LogP contribution in [-0.4, -0.2) is 16.8 Å². The third kappa shape index (κ3) is 2.14. The lowest BCUT2D eigenvalue weighted by molar-refractivity contribution is -0.129. The van der Waals surface area contributed by atoms with Crippen LogP contribution in [-0.2, 0) is 17.8 Å². The molecule has 2 unspecified atom stereocenters. The molecule has 1 amide bonds. The first-order valence-corrected chi connectivity index (χ1v) is 7.72. The van der Waals surface area contributed by atoms with Gasteiger partial charge in [0.05, 0.1) is 0 Å². The van der Waals surface area contributed by atoms with Crippen LogP contribution < -0.4 is 0 Å².